The minimum atomic E-state index is -1.19. The molecule has 1 fully saturated rings. The number of nitrogens with zero attached hydrogens (tertiary/aromatic N) is 1. The first-order valence-corrected chi connectivity index (χ1v) is 4.57. The normalized spacial score (nSPS) is 30.9. The number of β-lactam (4-membered cyclic amide) rings is 1. The Morgan fingerprint density at radius 1 is 1.60 bits per heavy atom. The number of carboxylic acids is 1. The van der Waals surface area contributed by atoms with E-state index < -0.39 is 30.1 Å². The van der Waals surface area contributed by atoms with E-state index in [4.69, 9.17) is 9.84 Å². The summed E-state index contributed by atoms with van der Waals surface area (Å²) in [5.41, 5.74) is -0.123. The Labute approximate surface area is 85.7 Å². The lowest BCUT2D eigenvalue weighted by atomic mass is 9.91. The predicted molar refractivity (Wildman–Crippen MR) is 47.2 cm³/mol. The Hall–Kier alpha value is -1.56. The van der Waals surface area contributed by atoms with Gasteiger partial charge in [0.15, 0.2) is 11.9 Å². The molecule has 2 rings (SSSR count). The van der Waals surface area contributed by atoms with Crippen molar-refractivity contribution >= 4 is 11.9 Å². The molecule has 0 aromatic rings. The highest BCUT2D eigenvalue weighted by Crippen LogP contribution is 2.41. The number of aliphatic hydroxyl groups is 1. The van der Waals surface area contributed by atoms with Crippen LogP contribution in [0.3, 0.4) is 0 Å². The first-order chi connectivity index (χ1) is 6.95. The maximum absolute atomic E-state index is 11.5. The van der Waals surface area contributed by atoms with Crippen LogP contribution >= 0.6 is 0 Å². The summed E-state index contributed by atoms with van der Waals surface area (Å²) in [5, 5.41) is 18.2. The number of carboxylic acid groups (broad SMARTS) is 1. The van der Waals surface area contributed by atoms with Gasteiger partial charge in [-0.1, -0.05) is 0 Å². The van der Waals surface area contributed by atoms with Gasteiger partial charge in [-0.15, -0.1) is 0 Å². The summed E-state index contributed by atoms with van der Waals surface area (Å²) in [6, 6.07) is 0. The minimum absolute atomic E-state index is 0.123. The van der Waals surface area contributed by atoms with Gasteiger partial charge in [0.25, 0.3) is 0 Å². The van der Waals surface area contributed by atoms with Crippen LogP contribution in [0.1, 0.15) is 13.8 Å². The first-order valence-electron chi connectivity index (χ1n) is 4.57. The van der Waals surface area contributed by atoms with Crippen LogP contribution in [0.25, 0.3) is 0 Å². The Kier molecular flexibility index (Phi) is 1.97. The fourth-order valence-electron chi connectivity index (χ4n) is 1.95. The topological polar surface area (TPSA) is 87.1 Å². The minimum Gasteiger partial charge on any atom is -0.476 e. The van der Waals surface area contributed by atoms with E-state index in [0.717, 1.165) is 4.90 Å². The zero-order valence-electron chi connectivity index (χ0n) is 8.30. The van der Waals surface area contributed by atoms with Crippen molar-refractivity contribution in [2.24, 2.45) is 5.92 Å². The molecule has 0 spiro atoms. The van der Waals surface area contributed by atoms with Crippen LogP contribution in [-0.2, 0) is 14.3 Å². The zero-order chi connectivity index (χ0) is 11.3. The Morgan fingerprint density at radius 3 is 2.67 bits per heavy atom. The number of ether oxygens (including phenoxy) is 1. The number of carbonyl (C=O) groups excluding carboxylic acids is 1. The van der Waals surface area contributed by atoms with Crippen molar-refractivity contribution in [3.05, 3.63) is 11.5 Å². The van der Waals surface area contributed by atoms with Gasteiger partial charge in [0, 0.05) is 0 Å². The van der Waals surface area contributed by atoms with Crippen molar-refractivity contribution in [1.29, 1.82) is 0 Å². The first kappa shape index (κ1) is 9.97. The number of hydrogen-bond donors (Lipinski definition) is 2. The molecule has 0 aromatic heterocycles. The molecule has 0 radical (unpaired) electrons. The van der Waals surface area contributed by atoms with Crippen LogP contribution in [0.2, 0.25) is 0 Å². The molecule has 0 aromatic carbocycles. The molecule has 2 heterocycles. The Morgan fingerprint density at radius 2 is 2.20 bits per heavy atom. The molecule has 1 amide bonds. The molecule has 1 unspecified atom stereocenters. The predicted octanol–water partition coefficient (Wildman–Crippen LogP) is -0.502. The van der Waals surface area contributed by atoms with Crippen LogP contribution in [0.15, 0.2) is 11.5 Å². The summed E-state index contributed by atoms with van der Waals surface area (Å²) in [6.45, 7) is 2.98. The number of aliphatic carboxylic acids is 1. The lowest BCUT2D eigenvalue weighted by Gasteiger charge is -2.42. The van der Waals surface area contributed by atoms with Crippen molar-refractivity contribution in [1.82, 2.24) is 4.90 Å². The quantitative estimate of drug-likeness (QED) is 0.604. The van der Waals surface area contributed by atoms with Gasteiger partial charge in [-0.2, -0.15) is 0 Å². The van der Waals surface area contributed by atoms with E-state index in [1.54, 1.807) is 0 Å². The monoisotopic (exact) mass is 213 g/mol. The molecule has 0 bridgehead atoms. The maximum Gasteiger partial charge on any atom is 0.356 e. The van der Waals surface area contributed by atoms with E-state index in [9.17, 15) is 14.7 Å². The third kappa shape index (κ3) is 1.14. The summed E-state index contributed by atoms with van der Waals surface area (Å²) in [5.74, 6) is -2.03. The highest BCUT2D eigenvalue weighted by Gasteiger charge is 2.58. The van der Waals surface area contributed by atoms with Gasteiger partial charge in [-0.3, -0.25) is 9.69 Å². The summed E-state index contributed by atoms with van der Waals surface area (Å²) >= 11 is 0. The van der Waals surface area contributed by atoms with Crippen molar-refractivity contribution < 1.29 is 24.5 Å². The molecule has 2 aliphatic rings. The van der Waals surface area contributed by atoms with Gasteiger partial charge in [-0.25, -0.2) is 4.79 Å². The number of carbonyl (C=O) groups is 2. The van der Waals surface area contributed by atoms with Crippen LogP contribution < -0.4 is 0 Å². The number of fused-ring (bicyclic) bond motifs is 1. The summed E-state index contributed by atoms with van der Waals surface area (Å²) in [7, 11) is 0. The molecule has 2 N–H and O–H groups in total. The number of rotatable bonds is 2. The summed E-state index contributed by atoms with van der Waals surface area (Å²) in [6.07, 6.45) is -1.48. The van der Waals surface area contributed by atoms with Crippen molar-refractivity contribution in [3.63, 3.8) is 0 Å². The Balaban J connectivity index is 2.27. The average Bonchev–Trinajstić information content (AvgIpc) is 2.38. The number of aliphatic hydroxyl groups excluding tert-OH is 1. The van der Waals surface area contributed by atoms with Gasteiger partial charge in [0.2, 0.25) is 5.91 Å². The molecule has 2 aliphatic heterocycles. The summed E-state index contributed by atoms with van der Waals surface area (Å²) < 4.78 is 5.22. The molecule has 6 heteroatoms. The Bertz CT molecular complexity index is 373. The van der Waals surface area contributed by atoms with Crippen LogP contribution in [0.4, 0.5) is 0 Å². The van der Waals surface area contributed by atoms with Crippen LogP contribution in [0.5, 0.6) is 0 Å². The van der Waals surface area contributed by atoms with E-state index in [1.807, 2.05) is 0 Å². The molecule has 1 saturated heterocycles. The van der Waals surface area contributed by atoms with Gasteiger partial charge in [0.05, 0.1) is 6.10 Å². The second kappa shape index (κ2) is 2.96. The van der Waals surface area contributed by atoms with Crippen molar-refractivity contribution in [2.75, 3.05) is 0 Å². The highest BCUT2D eigenvalue weighted by molar-refractivity contribution is 5.98. The number of amides is 1. The molecule has 6 nitrogen and oxygen atoms in total. The third-order valence-corrected chi connectivity index (χ3v) is 2.68. The largest absolute Gasteiger partial charge is 0.476 e. The van der Waals surface area contributed by atoms with Gasteiger partial charge >= 0.3 is 5.97 Å². The standard InChI is InChI=1S/C9H11NO5/c1-3(11)5-7(12)10-6(9(13)14)4(2)15-8(5)10/h3,5,8,11H,1-2H3,(H,13,14)/t3-,5?,8-/m1/s1. The van der Waals surface area contributed by atoms with E-state index in [0.29, 0.717) is 0 Å². The molecule has 0 aliphatic carbocycles. The highest BCUT2D eigenvalue weighted by atomic mass is 16.5. The SMILES string of the molecule is CC1=C(C(=O)O)N2C(=O)C([C@@H](C)O)[C@H]2O1. The van der Waals surface area contributed by atoms with Gasteiger partial charge in [0.1, 0.15) is 11.7 Å². The van der Waals surface area contributed by atoms with Gasteiger partial charge < -0.3 is 14.9 Å². The van der Waals surface area contributed by atoms with Crippen LogP contribution in [0, 0.1) is 5.92 Å². The summed E-state index contributed by atoms with van der Waals surface area (Å²) in [4.78, 5) is 23.4. The van der Waals surface area contributed by atoms with E-state index in [2.05, 4.69) is 0 Å². The number of hydrogen-bond acceptors (Lipinski definition) is 4. The smallest absolute Gasteiger partial charge is 0.356 e. The van der Waals surface area contributed by atoms with E-state index in [1.165, 1.54) is 13.8 Å². The fourth-order valence-corrected chi connectivity index (χ4v) is 1.95. The fraction of sp³-hybridized carbons (Fsp3) is 0.556. The van der Waals surface area contributed by atoms with Crippen molar-refractivity contribution in [2.45, 2.75) is 26.2 Å². The lowest BCUT2D eigenvalue weighted by molar-refractivity contribution is -0.181. The van der Waals surface area contributed by atoms with E-state index >= 15 is 0 Å². The van der Waals surface area contributed by atoms with Crippen LogP contribution in [-0.4, -0.2) is 39.3 Å². The zero-order valence-corrected chi connectivity index (χ0v) is 8.30. The third-order valence-electron chi connectivity index (χ3n) is 2.68. The van der Waals surface area contributed by atoms with Crippen molar-refractivity contribution in [3.8, 4) is 0 Å². The second-order valence-corrected chi connectivity index (χ2v) is 3.69. The molecule has 82 valence electrons. The lowest BCUT2D eigenvalue weighted by Crippen LogP contribution is -2.62. The van der Waals surface area contributed by atoms with E-state index in [-0.39, 0.29) is 11.5 Å². The molecule has 3 atom stereocenters. The molecule has 15 heavy (non-hydrogen) atoms. The molecular formula is C9H11NO5. The second-order valence-electron chi connectivity index (χ2n) is 3.69. The molecule has 0 saturated carbocycles. The van der Waals surface area contributed by atoms with Gasteiger partial charge in [-0.05, 0) is 13.8 Å². The molecular weight excluding hydrogens is 202 g/mol. The average molecular weight is 213 g/mol. The number of allylic oxidation sites excluding steroid dienone is 1. The maximum atomic E-state index is 11.5.